The molecule has 4 aromatic carbocycles. The molecule has 1 N–H and O–H groups in total. The number of benzene rings is 4. The third-order valence-electron chi connectivity index (χ3n) is 15.1. The van der Waals surface area contributed by atoms with Crippen molar-refractivity contribution in [3.63, 3.8) is 0 Å². The van der Waals surface area contributed by atoms with Crippen LogP contribution in [0.25, 0.3) is 10.8 Å². The van der Waals surface area contributed by atoms with Crippen LogP contribution in [-0.4, -0.2) is 89.1 Å². The summed E-state index contributed by atoms with van der Waals surface area (Å²) in [6.45, 7) is 30.0. The van der Waals surface area contributed by atoms with E-state index < -0.39 is 22.7 Å². The zero-order chi connectivity index (χ0) is 51.0. The van der Waals surface area contributed by atoms with Crippen LogP contribution < -0.4 is 10.1 Å². The summed E-state index contributed by atoms with van der Waals surface area (Å²) in [7, 11) is -4.29. The molecule has 2 atom stereocenters. The maximum absolute atomic E-state index is 15.1. The SMILES string of the molecule is CC(C)[Si](OCCC[C@H]1CN(C(=O)Cc2ccc3ccccc3c2)C/C=C/CN(C(=O)Cc2ccc(OCc3ccccc3)cc2)[C@H](CCCO[Si](C(C)C)(C(C)C)C(C)C)C(=O)N1)(C(C)C)C(C)C. The lowest BCUT2D eigenvalue weighted by Gasteiger charge is -2.42. The molecule has 0 bridgehead atoms. The van der Waals surface area contributed by atoms with Crippen molar-refractivity contribution in [2.45, 2.75) is 174 Å². The Labute approximate surface area is 424 Å². The van der Waals surface area contributed by atoms with Crippen LogP contribution in [0.4, 0.5) is 0 Å². The highest BCUT2D eigenvalue weighted by Crippen LogP contribution is 2.43. The summed E-state index contributed by atoms with van der Waals surface area (Å²) < 4.78 is 20.1. The predicted molar refractivity (Wildman–Crippen MR) is 294 cm³/mol. The molecule has 382 valence electrons. The second-order valence-electron chi connectivity index (χ2n) is 21.6. The van der Waals surface area contributed by atoms with Gasteiger partial charge < -0.3 is 28.7 Å². The van der Waals surface area contributed by atoms with Crippen LogP contribution in [0.15, 0.2) is 109 Å². The lowest BCUT2D eigenvalue weighted by Crippen LogP contribution is -2.54. The van der Waals surface area contributed by atoms with Gasteiger partial charge in [0, 0.05) is 38.9 Å². The van der Waals surface area contributed by atoms with Crippen LogP contribution in [0, 0.1) is 0 Å². The number of hydrogen-bond donors (Lipinski definition) is 1. The molecule has 0 spiro atoms. The predicted octanol–water partition coefficient (Wildman–Crippen LogP) is 13.2. The summed E-state index contributed by atoms with van der Waals surface area (Å²) in [6.07, 6.45) is 6.75. The van der Waals surface area contributed by atoms with Crippen molar-refractivity contribution in [2.75, 3.05) is 32.8 Å². The maximum atomic E-state index is 15.1. The second-order valence-corrected chi connectivity index (χ2v) is 32.5. The first-order valence-corrected chi connectivity index (χ1v) is 30.7. The molecule has 0 fully saturated rings. The molecule has 1 aliphatic heterocycles. The quantitative estimate of drug-likeness (QED) is 0.0452. The van der Waals surface area contributed by atoms with Crippen molar-refractivity contribution in [1.82, 2.24) is 15.1 Å². The average molecular weight is 991 g/mol. The number of rotatable bonds is 23. The van der Waals surface area contributed by atoms with Crippen LogP contribution in [0.2, 0.25) is 33.2 Å². The zero-order valence-corrected chi connectivity index (χ0v) is 46.8. The van der Waals surface area contributed by atoms with E-state index >= 15 is 4.79 Å². The van der Waals surface area contributed by atoms with E-state index in [0.717, 1.165) is 39.6 Å². The van der Waals surface area contributed by atoms with E-state index in [2.05, 4.69) is 113 Å². The van der Waals surface area contributed by atoms with Crippen LogP contribution in [0.1, 0.15) is 125 Å². The fraction of sp³-hybridized carbons (Fsp3) is 0.542. The van der Waals surface area contributed by atoms with Crippen LogP contribution >= 0.6 is 0 Å². The Kier molecular flexibility index (Phi) is 21.6. The third-order valence-corrected chi connectivity index (χ3v) is 27.3. The lowest BCUT2D eigenvalue weighted by atomic mass is 10.0. The molecule has 3 amide bonds. The van der Waals surface area contributed by atoms with E-state index in [0.29, 0.717) is 85.4 Å². The highest BCUT2D eigenvalue weighted by atomic mass is 28.4. The molecule has 0 unspecified atom stereocenters. The second kappa shape index (κ2) is 26.8. The highest BCUT2D eigenvalue weighted by Gasteiger charge is 2.46. The Bertz CT molecular complexity index is 2230. The lowest BCUT2D eigenvalue weighted by molar-refractivity contribution is -0.140. The Morgan fingerprint density at radius 2 is 1.10 bits per heavy atom. The Balaban J connectivity index is 1.44. The molecule has 11 heteroatoms. The highest BCUT2D eigenvalue weighted by molar-refractivity contribution is 6.78. The minimum atomic E-state index is -2.17. The van der Waals surface area contributed by atoms with Crippen LogP contribution in [0.3, 0.4) is 0 Å². The van der Waals surface area contributed by atoms with Gasteiger partial charge in [0.25, 0.3) is 0 Å². The number of nitrogens with zero attached hydrogens (tertiary/aromatic N) is 2. The molecule has 70 heavy (non-hydrogen) atoms. The summed E-state index contributed by atoms with van der Waals surface area (Å²) in [6, 6.07) is 31.0. The summed E-state index contributed by atoms with van der Waals surface area (Å²) in [5, 5.41) is 5.68. The molecule has 0 aromatic heterocycles. The van der Waals surface area contributed by atoms with Gasteiger partial charge in [0.05, 0.1) is 12.8 Å². The minimum absolute atomic E-state index is 0.00791. The van der Waals surface area contributed by atoms with Gasteiger partial charge in [-0.25, -0.2) is 0 Å². The van der Waals surface area contributed by atoms with Gasteiger partial charge in [0.15, 0.2) is 16.6 Å². The number of amides is 3. The molecule has 5 rings (SSSR count). The van der Waals surface area contributed by atoms with Crippen molar-refractivity contribution < 1.29 is 28.0 Å². The van der Waals surface area contributed by atoms with Crippen LogP contribution in [-0.2, 0) is 42.7 Å². The molecule has 1 aliphatic rings. The van der Waals surface area contributed by atoms with Gasteiger partial charge in [-0.1, -0.05) is 180 Å². The number of carbonyl (C=O) groups excluding carboxylic acids is 3. The van der Waals surface area contributed by atoms with E-state index in [4.69, 9.17) is 13.6 Å². The normalized spacial score (nSPS) is 17.0. The standard InChI is InChI=1S/C59H87N3O6Si2/c1-43(2)69(44(3)4,45(5)6)67-36-20-26-54-41-61(57(63)40-51-28-31-52-24-16-17-25-53(52)38-51)34-18-19-35-62(56(59(65)60-54)27-21-37-68-70(46(7)8,47(9)10)48(11)12)58(64)39-49-29-32-55(33-30-49)66-42-50-22-14-13-15-23-50/h13-19,22-25,28-33,38,43-48,54,56H,20-21,26-27,34-37,39-42H2,1-12H3,(H,60,65)/b19-18+/t54-,56+/m0/s1. The monoisotopic (exact) mass is 990 g/mol. The minimum Gasteiger partial charge on any atom is -0.489 e. The summed E-state index contributed by atoms with van der Waals surface area (Å²) in [5.41, 5.74) is 5.51. The summed E-state index contributed by atoms with van der Waals surface area (Å²) >= 11 is 0. The molecule has 0 saturated carbocycles. The molecule has 9 nitrogen and oxygen atoms in total. The third kappa shape index (κ3) is 14.8. The van der Waals surface area contributed by atoms with Gasteiger partial charge in [-0.3, -0.25) is 14.4 Å². The van der Waals surface area contributed by atoms with Crippen molar-refractivity contribution in [1.29, 1.82) is 0 Å². The topological polar surface area (TPSA) is 97.4 Å². The van der Waals surface area contributed by atoms with Crippen molar-refractivity contribution in [2.24, 2.45) is 0 Å². The smallest absolute Gasteiger partial charge is 0.243 e. The number of hydrogen-bond acceptors (Lipinski definition) is 6. The number of ether oxygens (including phenoxy) is 1. The average Bonchev–Trinajstić information content (AvgIpc) is 3.34. The van der Waals surface area contributed by atoms with Gasteiger partial charge in [-0.15, -0.1) is 0 Å². The van der Waals surface area contributed by atoms with Gasteiger partial charge >= 0.3 is 0 Å². The largest absolute Gasteiger partial charge is 0.489 e. The van der Waals surface area contributed by atoms with Gasteiger partial charge in [0.2, 0.25) is 17.7 Å². The fourth-order valence-corrected chi connectivity index (χ4v) is 22.7. The first-order chi connectivity index (χ1) is 33.4. The summed E-state index contributed by atoms with van der Waals surface area (Å²) in [5.74, 6) is 0.383. The maximum Gasteiger partial charge on any atom is 0.243 e. The molecule has 4 aromatic rings. The fourth-order valence-electron chi connectivity index (χ4n) is 11.7. The van der Waals surface area contributed by atoms with Gasteiger partial charge in [-0.2, -0.15) is 0 Å². The zero-order valence-electron chi connectivity index (χ0n) is 44.8. The first kappa shape index (κ1) is 56.4. The van der Waals surface area contributed by atoms with Crippen molar-refractivity contribution in [3.8, 4) is 5.75 Å². The van der Waals surface area contributed by atoms with Crippen molar-refractivity contribution in [3.05, 3.63) is 126 Å². The van der Waals surface area contributed by atoms with E-state index in [9.17, 15) is 9.59 Å². The first-order valence-electron chi connectivity index (χ1n) is 26.4. The molecular formula is C59H87N3O6Si2. The van der Waals surface area contributed by atoms with Gasteiger partial charge in [-0.05, 0) is 98.5 Å². The number of carbonyl (C=O) groups is 3. The Morgan fingerprint density at radius 1 is 0.586 bits per heavy atom. The molecule has 0 saturated heterocycles. The van der Waals surface area contributed by atoms with Crippen molar-refractivity contribution >= 4 is 45.1 Å². The summed E-state index contributed by atoms with van der Waals surface area (Å²) in [4.78, 5) is 47.9. The van der Waals surface area contributed by atoms with E-state index in [-0.39, 0.29) is 43.1 Å². The van der Waals surface area contributed by atoms with Gasteiger partial charge in [0.1, 0.15) is 18.4 Å². The molecule has 1 heterocycles. The Hall–Kier alpha value is -4.56. The van der Waals surface area contributed by atoms with E-state index in [1.165, 1.54) is 0 Å². The van der Waals surface area contributed by atoms with E-state index in [1.807, 2.05) is 89.8 Å². The molecule has 0 radical (unpaired) electrons. The van der Waals surface area contributed by atoms with Crippen LogP contribution in [0.5, 0.6) is 5.75 Å². The Morgan fingerprint density at radius 3 is 1.69 bits per heavy atom. The molecular weight excluding hydrogens is 903 g/mol. The molecule has 0 aliphatic carbocycles. The van der Waals surface area contributed by atoms with E-state index in [1.54, 1.807) is 4.90 Å². The number of fused-ring (bicyclic) bond motifs is 1. The number of nitrogens with one attached hydrogen (secondary N) is 1.